The Morgan fingerprint density at radius 2 is 2.00 bits per heavy atom. The van der Waals surface area contributed by atoms with Gasteiger partial charge in [0, 0.05) is 14.1 Å². The summed E-state index contributed by atoms with van der Waals surface area (Å²) in [5.41, 5.74) is 3.93. The predicted octanol–water partition coefficient (Wildman–Crippen LogP) is 5.14. The number of halogens is 1. The van der Waals surface area contributed by atoms with Gasteiger partial charge >= 0.3 is 0 Å². The third kappa shape index (κ3) is 2.83. The maximum absolute atomic E-state index is 3.60. The van der Waals surface area contributed by atoms with E-state index in [4.69, 9.17) is 0 Å². The van der Waals surface area contributed by atoms with Gasteiger partial charge in [0.25, 0.3) is 0 Å². The summed E-state index contributed by atoms with van der Waals surface area (Å²) >= 11 is 4.20. The summed E-state index contributed by atoms with van der Waals surface area (Å²) in [6.07, 6.45) is 0. The average Bonchev–Trinajstić information content (AvgIpc) is 2.71. The molecule has 1 atom stereocenters. The van der Waals surface area contributed by atoms with Crippen LogP contribution in [0, 0.1) is 17.4 Å². The molecule has 1 heterocycles. The molecule has 0 saturated heterocycles. The van der Waals surface area contributed by atoms with Crippen LogP contribution < -0.4 is 5.32 Å². The second kappa shape index (κ2) is 5.40. The lowest BCUT2D eigenvalue weighted by molar-refractivity contribution is 0.896. The number of hydrogen-bond donors (Lipinski definition) is 1. The summed E-state index contributed by atoms with van der Waals surface area (Å²) in [7, 11) is 0. The molecule has 1 nitrogen and oxygen atoms in total. The van der Waals surface area contributed by atoms with Crippen LogP contribution >= 0.6 is 33.9 Å². The Morgan fingerprint density at radius 3 is 2.65 bits per heavy atom. The van der Waals surface area contributed by atoms with E-state index in [2.05, 4.69) is 78.3 Å². The molecule has 1 N–H and O–H groups in total. The molecule has 0 spiro atoms. The zero-order valence-electron chi connectivity index (χ0n) is 10.3. The van der Waals surface area contributed by atoms with Crippen molar-refractivity contribution in [2.24, 2.45) is 0 Å². The highest BCUT2D eigenvalue weighted by Crippen LogP contribution is 2.29. The van der Waals surface area contributed by atoms with Crippen molar-refractivity contribution in [2.45, 2.75) is 26.8 Å². The maximum atomic E-state index is 3.60. The number of benzene rings is 1. The summed E-state index contributed by atoms with van der Waals surface area (Å²) in [6, 6.07) is 8.94. The van der Waals surface area contributed by atoms with Gasteiger partial charge in [0.1, 0.15) is 0 Å². The van der Waals surface area contributed by atoms with E-state index in [-0.39, 0.29) is 0 Å². The zero-order valence-corrected chi connectivity index (χ0v) is 13.2. The maximum Gasteiger partial charge on any atom is 0.0581 e. The second-order valence-electron chi connectivity index (χ2n) is 4.25. The Balaban J connectivity index is 2.22. The molecule has 1 aromatic carbocycles. The van der Waals surface area contributed by atoms with Crippen LogP contribution in [0.25, 0.3) is 0 Å². The van der Waals surface area contributed by atoms with E-state index in [0.717, 1.165) is 0 Å². The molecule has 3 heteroatoms. The Hall–Kier alpha value is -0.550. The fourth-order valence-electron chi connectivity index (χ4n) is 1.89. The zero-order chi connectivity index (χ0) is 12.4. The lowest BCUT2D eigenvalue weighted by Crippen LogP contribution is -2.07. The first-order chi connectivity index (χ1) is 8.09. The van der Waals surface area contributed by atoms with Crippen molar-refractivity contribution in [3.8, 4) is 0 Å². The number of hydrogen-bond acceptors (Lipinski definition) is 2. The van der Waals surface area contributed by atoms with Crippen molar-refractivity contribution >= 4 is 39.6 Å². The number of rotatable bonds is 3. The molecule has 0 fully saturated rings. The summed E-state index contributed by atoms with van der Waals surface area (Å²) in [5.74, 6) is 0. The van der Waals surface area contributed by atoms with Gasteiger partial charge in [-0.2, -0.15) is 0 Å². The van der Waals surface area contributed by atoms with Gasteiger partial charge in [0.15, 0.2) is 0 Å². The first-order valence-electron chi connectivity index (χ1n) is 5.65. The smallest absolute Gasteiger partial charge is 0.0581 e. The highest BCUT2D eigenvalue weighted by Gasteiger charge is 2.11. The first kappa shape index (κ1) is 12.9. The van der Waals surface area contributed by atoms with Gasteiger partial charge in [-0.15, -0.1) is 11.3 Å². The van der Waals surface area contributed by atoms with Crippen LogP contribution in [0.5, 0.6) is 0 Å². The molecule has 0 amide bonds. The first-order valence-corrected chi connectivity index (χ1v) is 7.61. The molecule has 0 aliphatic rings. The van der Waals surface area contributed by atoms with Crippen LogP contribution in [0.2, 0.25) is 0 Å². The normalized spacial score (nSPS) is 12.5. The average molecular weight is 357 g/mol. The monoisotopic (exact) mass is 357 g/mol. The van der Waals surface area contributed by atoms with Crippen LogP contribution in [-0.4, -0.2) is 0 Å². The summed E-state index contributed by atoms with van der Waals surface area (Å²) in [4.78, 5) is 1.42. The molecule has 2 aromatic rings. The number of thiophene rings is 1. The van der Waals surface area contributed by atoms with Crippen molar-refractivity contribution in [3.63, 3.8) is 0 Å². The molecule has 1 unspecified atom stereocenters. The largest absolute Gasteiger partial charge is 0.377 e. The van der Waals surface area contributed by atoms with Gasteiger partial charge in [0.05, 0.1) is 6.04 Å². The van der Waals surface area contributed by atoms with E-state index in [9.17, 15) is 0 Å². The molecule has 0 bridgehead atoms. The van der Waals surface area contributed by atoms with Crippen LogP contribution in [0.4, 0.5) is 5.69 Å². The van der Waals surface area contributed by atoms with Crippen LogP contribution in [-0.2, 0) is 0 Å². The van der Waals surface area contributed by atoms with E-state index in [1.165, 1.54) is 25.3 Å². The van der Waals surface area contributed by atoms with E-state index in [1.807, 2.05) is 11.3 Å². The molecule has 17 heavy (non-hydrogen) atoms. The second-order valence-corrected chi connectivity index (χ2v) is 6.36. The Labute approximate surface area is 120 Å². The highest BCUT2D eigenvalue weighted by atomic mass is 127. The minimum Gasteiger partial charge on any atom is -0.377 e. The van der Waals surface area contributed by atoms with Gasteiger partial charge in [-0.3, -0.25) is 0 Å². The standard InChI is InChI=1S/C14H16INS/c1-9-7-8-17-14(9)11(3)16-13-6-4-5-12(15)10(13)2/h4-8,11,16H,1-3H3. The van der Waals surface area contributed by atoms with Crippen molar-refractivity contribution in [2.75, 3.05) is 5.32 Å². The SMILES string of the molecule is Cc1ccsc1C(C)Nc1cccc(I)c1C. The van der Waals surface area contributed by atoms with Crippen LogP contribution in [0.1, 0.15) is 29.0 Å². The van der Waals surface area contributed by atoms with Gasteiger partial charge in [0.2, 0.25) is 0 Å². The summed E-state index contributed by atoms with van der Waals surface area (Å²) in [5, 5.41) is 5.76. The highest BCUT2D eigenvalue weighted by molar-refractivity contribution is 14.1. The predicted molar refractivity (Wildman–Crippen MR) is 85.0 cm³/mol. The molecular weight excluding hydrogens is 341 g/mol. The fourth-order valence-corrected chi connectivity index (χ4v) is 3.32. The van der Waals surface area contributed by atoms with Crippen LogP contribution in [0.15, 0.2) is 29.6 Å². The number of aryl methyl sites for hydroxylation is 1. The van der Waals surface area contributed by atoms with Gasteiger partial charge in [-0.05, 0) is 78.1 Å². The quantitative estimate of drug-likeness (QED) is 0.750. The van der Waals surface area contributed by atoms with Gasteiger partial charge in [-0.25, -0.2) is 0 Å². The Kier molecular flexibility index (Phi) is 4.09. The summed E-state index contributed by atoms with van der Waals surface area (Å²) in [6.45, 7) is 6.56. The van der Waals surface area contributed by atoms with Gasteiger partial charge in [-0.1, -0.05) is 6.07 Å². The molecule has 2 rings (SSSR count). The van der Waals surface area contributed by atoms with Crippen molar-refractivity contribution in [1.82, 2.24) is 0 Å². The van der Waals surface area contributed by atoms with E-state index < -0.39 is 0 Å². The minimum absolute atomic E-state index is 0.367. The minimum atomic E-state index is 0.367. The molecule has 1 aromatic heterocycles. The Morgan fingerprint density at radius 1 is 1.24 bits per heavy atom. The van der Waals surface area contributed by atoms with Crippen LogP contribution in [0.3, 0.4) is 0 Å². The number of nitrogens with one attached hydrogen (secondary N) is 1. The van der Waals surface area contributed by atoms with E-state index in [1.54, 1.807) is 0 Å². The van der Waals surface area contributed by atoms with E-state index >= 15 is 0 Å². The molecule has 0 aliphatic carbocycles. The third-order valence-corrected chi connectivity index (χ3v) is 5.30. The topological polar surface area (TPSA) is 12.0 Å². The summed E-state index contributed by atoms with van der Waals surface area (Å²) < 4.78 is 1.31. The molecular formula is C14H16INS. The van der Waals surface area contributed by atoms with E-state index in [0.29, 0.717) is 6.04 Å². The molecule has 0 aliphatic heterocycles. The Bertz CT molecular complexity index is 519. The van der Waals surface area contributed by atoms with Crippen molar-refractivity contribution in [3.05, 3.63) is 49.2 Å². The third-order valence-electron chi connectivity index (χ3n) is 2.93. The lowest BCUT2D eigenvalue weighted by Gasteiger charge is -2.17. The molecule has 90 valence electrons. The van der Waals surface area contributed by atoms with Crippen molar-refractivity contribution < 1.29 is 0 Å². The lowest BCUT2D eigenvalue weighted by atomic mass is 10.1. The molecule has 0 saturated carbocycles. The van der Waals surface area contributed by atoms with Crippen molar-refractivity contribution in [1.29, 1.82) is 0 Å². The number of anilines is 1. The molecule has 0 radical (unpaired) electrons. The van der Waals surface area contributed by atoms with Gasteiger partial charge < -0.3 is 5.32 Å². The fraction of sp³-hybridized carbons (Fsp3) is 0.286.